The lowest BCUT2D eigenvalue weighted by molar-refractivity contribution is 0.332. The standard InChI is InChI=1S/C78H88BN3/c1-47-36-69-71-70(37-47)82(66-44-62-60(38-48(66)2)75(12,13)34-35-76(62,14)15)68-45-63-61(77(16,17)46-78(63,18)19)43-65(68)79(71)64-33-32-54(80(52-28-24-50(25-29-52)72(3,4)5)53-30-26-51(27-31-53)73(6,7)8)42-67(64)81(69)55-40-57-56-23-21-20-22-49(56)39-58(57)59(41-55)74(9,10)11/h20-33,36-38,40-45H,34-35,39,46H2,1-19H3. The first-order valence-electron chi connectivity index (χ1n) is 30.8. The van der Waals surface area contributed by atoms with Crippen molar-refractivity contribution in [3.63, 3.8) is 0 Å². The number of hydrogen-bond acceptors (Lipinski definition) is 3. The molecule has 3 nitrogen and oxygen atoms in total. The molecule has 0 saturated carbocycles. The average Bonchev–Trinajstić information content (AvgIpc) is 1.07. The zero-order valence-corrected chi connectivity index (χ0v) is 53.0. The van der Waals surface area contributed by atoms with Crippen molar-refractivity contribution in [2.45, 2.75) is 195 Å². The molecule has 8 aromatic rings. The summed E-state index contributed by atoms with van der Waals surface area (Å²) >= 11 is 0. The van der Waals surface area contributed by atoms with Gasteiger partial charge in [0.2, 0.25) is 0 Å². The minimum Gasteiger partial charge on any atom is -0.311 e. The minimum atomic E-state index is -0.102. The van der Waals surface area contributed by atoms with Crippen LogP contribution < -0.4 is 31.1 Å². The van der Waals surface area contributed by atoms with Crippen LogP contribution in [0, 0.1) is 13.8 Å². The van der Waals surface area contributed by atoms with Crippen LogP contribution in [0.15, 0.2) is 140 Å². The highest BCUT2D eigenvalue weighted by molar-refractivity contribution is 7.00. The molecule has 2 aliphatic heterocycles. The van der Waals surface area contributed by atoms with Crippen LogP contribution in [0.1, 0.15) is 198 Å². The molecule has 13 rings (SSSR count). The summed E-state index contributed by atoms with van der Waals surface area (Å²) in [5.41, 5.74) is 33.5. The van der Waals surface area contributed by atoms with Gasteiger partial charge in [-0.25, -0.2) is 0 Å². The Balaban J connectivity index is 1.13. The zero-order chi connectivity index (χ0) is 58.3. The lowest BCUT2D eigenvalue weighted by atomic mass is 9.33. The van der Waals surface area contributed by atoms with Crippen LogP contribution in [-0.2, 0) is 44.3 Å². The summed E-state index contributed by atoms with van der Waals surface area (Å²) in [6.07, 6.45) is 4.42. The van der Waals surface area contributed by atoms with Crippen LogP contribution in [0.4, 0.5) is 51.2 Å². The highest BCUT2D eigenvalue weighted by Gasteiger charge is 2.49. The molecule has 5 aliphatic rings. The topological polar surface area (TPSA) is 9.72 Å². The second-order valence-electron chi connectivity index (χ2n) is 31.4. The average molecular weight is 1080 g/mol. The van der Waals surface area contributed by atoms with Crippen molar-refractivity contribution < 1.29 is 0 Å². The van der Waals surface area contributed by atoms with E-state index in [0.29, 0.717) is 0 Å². The van der Waals surface area contributed by atoms with Crippen molar-refractivity contribution in [3.05, 3.63) is 201 Å². The number of nitrogens with zero attached hydrogens (tertiary/aromatic N) is 3. The summed E-state index contributed by atoms with van der Waals surface area (Å²) in [4.78, 5) is 7.95. The molecule has 0 saturated heterocycles. The molecule has 418 valence electrons. The predicted molar refractivity (Wildman–Crippen MR) is 355 cm³/mol. The Kier molecular flexibility index (Phi) is 11.9. The molecule has 0 aromatic heterocycles. The van der Waals surface area contributed by atoms with E-state index in [0.717, 1.165) is 29.9 Å². The van der Waals surface area contributed by atoms with Crippen LogP contribution in [0.2, 0.25) is 0 Å². The lowest BCUT2D eigenvalue weighted by Crippen LogP contribution is -2.61. The molecule has 0 bridgehead atoms. The zero-order valence-electron chi connectivity index (χ0n) is 53.0. The van der Waals surface area contributed by atoms with Crippen LogP contribution in [0.3, 0.4) is 0 Å². The van der Waals surface area contributed by atoms with Gasteiger partial charge >= 0.3 is 0 Å². The summed E-state index contributed by atoms with van der Waals surface area (Å²) in [6, 6.07) is 56.2. The highest BCUT2D eigenvalue weighted by atomic mass is 15.2. The van der Waals surface area contributed by atoms with Crippen molar-refractivity contribution in [3.8, 4) is 11.1 Å². The number of aryl methyl sites for hydroxylation is 2. The molecular formula is C78H88BN3. The number of benzene rings is 8. The Morgan fingerprint density at radius 3 is 1.54 bits per heavy atom. The largest absolute Gasteiger partial charge is 0.311 e. The quantitative estimate of drug-likeness (QED) is 0.159. The van der Waals surface area contributed by atoms with Gasteiger partial charge in [0.25, 0.3) is 6.71 Å². The minimum absolute atomic E-state index is 0.00938. The van der Waals surface area contributed by atoms with E-state index in [-0.39, 0.29) is 44.6 Å². The molecule has 2 heterocycles. The van der Waals surface area contributed by atoms with Gasteiger partial charge in [-0.2, -0.15) is 0 Å². The molecule has 3 aliphatic carbocycles. The summed E-state index contributed by atoms with van der Waals surface area (Å²) in [6.45, 7) is 45.7. The van der Waals surface area contributed by atoms with Gasteiger partial charge in [-0.05, 0) is 239 Å². The van der Waals surface area contributed by atoms with Gasteiger partial charge < -0.3 is 14.7 Å². The Morgan fingerprint density at radius 1 is 0.439 bits per heavy atom. The first-order valence-corrected chi connectivity index (χ1v) is 30.8. The first-order chi connectivity index (χ1) is 38.3. The summed E-state index contributed by atoms with van der Waals surface area (Å²) in [5.74, 6) is 0. The van der Waals surface area contributed by atoms with E-state index in [1.165, 1.54) is 136 Å². The third kappa shape index (κ3) is 8.48. The van der Waals surface area contributed by atoms with E-state index in [1.54, 1.807) is 0 Å². The molecule has 0 N–H and O–H groups in total. The Hall–Kier alpha value is -6.78. The van der Waals surface area contributed by atoms with Crippen molar-refractivity contribution in [1.82, 2.24) is 0 Å². The van der Waals surface area contributed by atoms with Crippen LogP contribution >= 0.6 is 0 Å². The fourth-order valence-corrected chi connectivity index (χ4v) is 15.9. The van der Waals surface area contributed by atoms with Crippen molar-refractivity contribution in [1.29, 1.82) is 0 Å². The van der Waals surface area contributed by atoms with Crippen LogP contribution in [0.5, 0.6) is 0 Å². The van der Waals surface area contributed by atoms with Crippen molar-refractivity contribution >= 4 is 74.3 Å². The van der Waals surface area contributed by atoms with Gasteiger partial charge in [0.05, 0.1) is 0 Å². The molecule has 0 unspecified atom stereocenters. The van der Waals surface area contributed by atoms with Gasteiger partial charge in [0.1, 0.15) is 0 Å². The molecule has 82 heavy (non-hydrogen) atoms. The third-order valence-corrected chi connectivity index (χ3v) is 20.3. The molecule has 0 spiro atoms. The summed E-state index contributed by atoms with van der Waals surface area (Å²) in [7, 11) is 0. The summed E-state index contributed by atoms with van der Waals surface area (Å²) < 4.78 is 0. The first kappa shape index (κ1) is 54.5. The van der Waals surface area contributed by atoms with Crippen LogP contribution in [0.25, 0.3) is 11.1 Å². The van der Waals surface area contributed by atoms with E-state index in [2.05, 4.69) is 286 Å². The molecular weight excluding hydrogens is 990 g/mol. The van der Waals surface area contributed by atoms with Gasteiger partial charge in [0.15, 0.2) is 0 Å². The van der Waals surface area contributed by atoms with E-state index >= 15 is 0 Å². The number of fused-ring (bicyclic) bond motifs is 9. The fourth-order valence-electron chi connectivity index (χ4n) is 15.9. The predicted octanol–water partition coefficient (Wildman–Crippen LogP) is 19.6. The highest BCUT2D eigenvalue weighted by Crippen LogP contribution is 2.56. The van der Waals surface area contributed by atoms with E-state index < -0.39 is 0 Å². The second kappa shape index (κ2) is 17.9. The third-order valence-electron chi connectivity index (χ3n) is 20.3. The van der Waals surface area contributed by atoms with E-state index in [1.807, 2.05) is 0 Å². The Bertz CT molecular complexity index is 3900. The molecule has 0 radical (unpaired) electrons. The van der Waals surface area contributed by atoms with E-state index in [4.69, 9.17) is 0 Å². The van der Waals surface area contributed by atoms with Gasteiger partial charge in [-0.1, -0.05) is 184 Å². The fraction of sp³-hybridized carbons (Fsp3) is 0.385. The smallest absolute Gasteiger partial charge is 0.252 e. The normalized spacial score (nSPS) is 17.6. The van der Waals surface area contributed by atoms with E-state index in [9.17, 15) is 0 Å². The molecule has 4 heteroatoms. The number of anilines is 9. The molecule has 8 aromatic carbocycles. The van der Waals surface area contributed by atoms with Gasteiger partial charge in [0, 0.05) is 51.2 Å². The van der Waals surface area contributed by atoms with Gasteiger partial charge in [-0.3, -0.25) is 0 Å². The lowest BCUT2D eigenvalue weighted by Gasteiger charge is -2.47. The second-order valence-corrected chi connectivity index (χ2v) is 31.4. The SMILES string of the molecule is Cc1cc2c3c(c1)N(c1cc4c(cc1C)C(C)(C)CCC4(C)C)c1cc4c(cc1B3c1ccc(N(c3ccc(C(C)(C)C)cc3)c3ccc(C(C)(C)C)cc3)cc1N2c1cc2c(c(C(C)(C)C)c1)Cc1ccccc1-2)C(C)(C)CC4(C)C. The van der Waals surface area contributed by atoms with Crippen molar-refractivity contribution in [2.75, 3.05) is 14.7 Å². The molecule has 0 atom stereocenters. The number of hydrogen-bond donors (Lipinski definition) is 0. The Morgan fingerprint density at radius 2 is 0.951 bits per heavy atom. The molecule has 0 fully saturated rings. The maximum atomic E-state index is 2.74. The molecule has 0 amide bonds. The van der Waals surface area contributed by atoms with Crippen LogP contribution in [-0.4, -0.2) is 6.71 Å². The Labute approximate surface area is 493 Å². The van der Waals surface area contributed by atoms with Gasteiger partial charge in [-0.15, -0.1) is 0 Å². The van der Waals surface area contributed by atoms with Crippen molar-refractivity contribution in [2.24, 2.45) is 0 Å². The monoisotopic (exact) mass is 1080 g/mol. The summed E-state index contributed by atoms with van der Waals surface area (Å²) in [5, 5.41) is 0. The number of rotatable bonds is 5. The maximum absolute atomic E-state index is 2.74. The maximum Gasteiger partial charge on any atom is 0.252 e.